The molecule has 0 bridgehead atoms. The lowest BCUT2D eigenvalue weighted by molar-refractivity contribution is 0.103. The van der Waals surface area contributed by atoms with Gasteiger partial charge in [0.25, 0.3) is 0 Å². The third-order valence-electron chi connectivity index (χ3n) is 2.04. The maximum absolute atomic E-state index is 11.9. The van der Waals surface area contributed by atoms with Crippen molar-refractivity contribution >= 4 is 29.0 Å². The molecule has 0 saturated heterocycles. The molecule has 4 heteroatoms. The van der Waals surface area contributed by atoms with E-state index in [-0.39, 0.29) is 5.78 Å². The number of aromatic nitrogens is 1. The molecule has 2 nitrogen and oxygen atoms in total. The summed E-state index contributed by atoms with van der Waals surface area (Å²) in [6.45, 7) is 0. The lowest BCUT2D eigenvalue weighted by atomic mass is 10.1. The quantitative estimate of drug-likeness (QED) is 0.800. The highest BCUT2D eigenvalue weighted by molar-refractivity contribution is 6.37. The molecule has 0 fully saturated rings. The number of nitrogens with one attached hydrogen (secondary N) is 1. The zero-order valence-corrected chi connectivity index (χ0v) is 9.14. The van der Waals surface area contributed by atoms with Crippen molar-refractivity contribution in [2.24, 2.45) is 0 Å². The molecule has 0 radical (unpaired) electrons. The van der Waals surface area contributed by atoms with Gasteiger partial charge in [0.1, 0.15) is 0 Å². The van der Waals surface area contributed by atoms with Crippen LogP contribution in [0.2, 0.25) is 10.0 Å². The lowest BCUT2D eigenvalue weighted by Crippen LogP contribution is -2.00. The smallest absolute Gasteiger partial charge is 0.196 e. The monoisotopic (exact) mass is 239 g/mol. The van der Waals surface area contributed by atoms with Crippen molar-refractivity contribution in [3.8, 4) is 0 Å². The van der Waals surface area contributed by atoms with E-state index in [0.29, 0.717) is 21.2 Å². The van der Waals surface area contributed by atoms with Gasteiger partial charge in [0, 0.05) is 28.5 Å². The summed E-state index contributed by atoms with van der Waals surface area (Å²) >= 11 is 11.7. The van der Waals surface area contributed by atoms with Gasteiger partial charge in [0.2, 0.25) is 0 Å². The molecule has 0 spiro atoms. The van der Waals surface area contributed by atoms with Gasteiger partial charge >= 0.3 is 0 Å². The third kappa shape index (κ3) is 2.06. The standard InChI is InChI=1S/C11H7Cl2NO/c12-8-1-2-9(10(13)5-8)11(15)7-3-4-14-6-7/h1-6,14H. The van der Waals surface area contributed by atoms with E-state index < -0.39 is 0 Å². The summed E-state index contributed by atoms with van der Waals surface area (Å²) in [6.07, 6.45) is 3.32. The van der Waals surface area contributed by atoms with Crippen LogP contribution >= 0.6 is 23.2 Å². The first-order valence-electron chi connectivity index (χ1n) is 4.31. The second-order valence-corrected chi connectivity index (χ2v) is 3.90. The van der Waals surface area contributed by atoms with Crippen molar-refractivity contribution in [1.29, 1.82) is 0 Å². The highest BCUT2D eigenvalue weighted by atomic mass is 35.5. The Morgan fingerprint density at radius 1 is 1.20 bits per heavy atom. The number of rotatable bonds is 2. The summed E-state index contributed by atoms with van der Waals surface area (Å²) in [5.41, 5.74) is 1.04. The van der Waals surface area contributed by atoms with Crippen molar-refractivity contribution in [2.75, 3.05) is 0 Å². The topological polar surface area (TPSA) is 32.9 Å². The summed E-state index contributed by atoms with van der Waals surface area (Å²) in [6, 6.07) is 6.53. The zero-order chi connectivity index (χ0) is 10.8. The zero-order valence-electron chi connectivity index (χ0n) is 7.63. The van der Waals surface area contributed by atoms with Crippen LogP contribution in [0.4, 0.5) is 0 Å². The van der Waals surface area contributed by atoms with E-state index >= 15 is 0 Å². The van der Waals surface area contributed by atoms with Crippen LogP contribution in [0.3, 0.4) is 0 Å². The minimum atomic E-state index is -0.113. The van der Waals surface area contributed by atoms with E-state index in [9.17, 15) is 4.79 Å². The minimum absolute atomic E-state index is 0.113. The van der Waals surface area contributed by atoms with Crippen LogP contribution in [-0.4, -0.2) is 10.8 Å². The van der Waals surface area contributed by atoms with E-state index in [1.54, 1.807) is 36.7 Å². The Kier molecular flexibility index (Phi) is 2.80. The highest BCUT2D eigenvalue weighted by Gasteiger charge is 2.12. The molecule has 0 aliphatic carbocycles. The molecular formula is C11H7Cl2NO. The van der Waals surface area contributed by atoms with Gasteiger partial charge < -0.3 is 4.98 Å². The molecule has 0 amide bonds. The first kappa shape index (κ1) is 10.3. The summed E-state index contributed by atoms with van der Waals surface area (Å²) in [4.78, 5) is 14.7. The molecule has 1 heterocycles. The van der Waals surface area contributed by atoms with Gasteiger partial charge in [-0.15, -0.1) is 0 Å². The Bertz CT molecular complexity index is 491. The van der Waals surface area contributed by atoms with Crippen LogP contribution in [-0.2, 0) is 0 Å². The Hall–Kier alpha value is -1.25. The number of halogens is 2. The largest absolute Gasteiger partial charge is 0.367 e. The van der Waals surface area contributed by atoms with E-state index in [4.69, 9.17) is 23.2 Å². The first-order valence-corrected chi connectivity index (χ1v) is 5.06. The Morgan fingerprint density at radius 2 is 2.00 bits per heavy atom. The van der Waals surface area contributed by atoms with Crippen LogP contribution in [0.25, 0.3) is 0 Å². The van der Waals surface area contributed by atoms with Crippen LogP contribution in [0, 0.1) is 0 Å². The van der Waals surface area contributed by atoms with E-state index in [1.807, 2.05) is 0 Å². The summed E-state index contributed by atoms with van der Waals surface area (Å²) in [7, 11) is 0. The maximum Gasteiger partial charge on any atom is 0.196 e. The average Bonchev–Trinajstić information content (AvgIpc) is 2.69. The number of carbonyl (C=O) groups is 1. The summed E-state index contributed by atoms with van der Waals surface area (Å²) < 4.78 is 0. The van der Waals surface area contributed by atoms with Gasteiger partial charge in [-0.2, -0.15) is 0 Å². The van der Waals surface area contributed by atoms with E-state index in [1.165, 1.54) is 0 Å². The number of aromatic amines is 1. The number of benzene rings is 1. The molecule has 1 N–H and O–H groups in total. The van der Waals surface area contributed by atoms with Crippen molar-refractivity contribution in [3.63, 3.8) is 0 Å². The van der Waals surface area contributed by atoms with Crippen LogP contribution < -0.4 is 0 Å². The molecule has 1 aromatic heterocycles. The first-order chi connectivity index (χ1) is 7.18. The Morgan fingerprint density at radius 3 is 2.60 bits per heavy atom. The lowest BCUT2D eigenvalue weighted by Gasteiger charge is -2.01. The maximum atomic E-state index is 11.9. The van der Waals surface area contributed by atoms with Crippen LogP contribution in [0.5, 0.6) is 0 Å². The fraction of sp³-hybridized carbons (Fsp3) is 0. The van der Waals surface area contributed by atoms with E-state index in [2.05, 4.69) is 4.98 Å². The second-order valence-electron chi connectivity index (χ2n) is 3.05. The number of carbonyl (C=O) groups excluding carboxylic acids is 1. The van der Waals surface area contributed by atoms with E-state index in [0.717, 1.165) is 0 Å². The highest BCUT2D eigenvalue weighted by Crippen LogP contribution is 2.23. The number of H-pyrrole nitrogens is 1. The molecule has 0 aliphatic rings. The molecule has 15 heavy (non-hydrogen) atoms. The number of hydrogen-bond donors (Lipinski definition) is 1. The van der Waals surface area contributed by atoms with Gasteiger partial charge in [0.15, 0.2) is 5.78 Å². The normalized spacial score (nSPS) is 10.3. The predicted molar refractivity (Wildman–Crippen MR) is 60.7 cm³/mol. The Balaban J connectivity index is 2.42. The third-order valence-corrected chi connectivity index (χ3v) is 2.58. The summed E-state index contributed by atoms with van der Waals surface area (Å²) in [5, 5.41) is 0.888. The average molecular weight is 240 g/mol. The molecule has 1 aromatic carbocycles. The molecule has 0 aliphatic heterocycles. The van der Waals surface area contributed by atoms with Crippen LogP contribution in [0.1, 0.15) is 15.9 Å². The molecule has 76 valence electrons. The van der Waals surface area contributed by atoms with Crippen molar-refractivity contribution in [1.82, 2.24) is 4.98 Å². The van der Waals surface area contributed by atoms with Crippen molar-refractivity contribution < 1.29 is 4.79 Å². The summed E-state index contributed by atoms with van der Waals surface area (Å²) in [5.74, 6) is -0.113. The van der Waals surface area contributed by atoms with Gasteiger partial charge in [-0.05, 0) is 24.3 Å². The number of hydrogen-bond acceptors (Lipinski definition) is 1. The second kappa shape index (κ2) is 4.09. The fourth-order valence-corrected chi connectivity index (χ4v) is 1.79. The predicted octanol–water partition coefficient (Wildman–Crippen LogP) is 3.55. The molecule has 0 saturated carbocycles. The molecule has 2 rings (SSSR count). The van der Waals surface area contributed by atoms with Gasteiger partial charge in [-0.3, -0.25) is 4.79 Å². The molecular weight excluding hydrogens is 233 g/mol. The van der Waals surface area contributed by atoms with Crippen LogP contribution in [0.15, 0.2) is 36.7 Å². The van der Waals surface area contributed by atoms with Gasteiger partial charge in [-0.1, -0.05) is 23.2 Å². The van der Waals surface area contributed by atoms with Gasteiger partial charge in [0.05, 0.1) is 5.02 Å². The fourth-order valence-electron chi connectivity index (χ4n) is 1.29. The number of ketones is 1. The van der Waals surface area contributed by atoms with Gasteiger partial charge in [-0.25, -0.2) is 0 Å². The SMILES string of the molecule is O=C(c1cc[nH]c1)c1ccc(Cl)cc1Cl. The van der Waals surface area contributed by atoms with Crippen molar-refractivity contribution in [2.45, 2.75) is 0 Å². The minimum Gasteiger partial charge on any atom is -0.367 e. The molecule has 0 atom stereocenters. The van der Waals surface area contributed by atoms with Crippen molar-refractivity contribution in [3.05, 3.63) is 57.8 Å². The molecule has 0 unspecified atom stereocenters. The molecule has 2 aromatic rings. The Labute approximate surface area is 96.8 Å².